The molecule has 10 aromatic rings. The molecule has 0 bridgehead atoms. The molecule has 440 valence electrons. The number of methoxy groups -OCH3 is 4. The summed E-state index contributed by atoms with van der Waals surface area (Å²) in [6, 6.07) is 43.9. The van der Waals surface area contributed by atoms with Crippen LogP contribution in [-0.2, 0) is 112 Å². The topological polar surface area (TPSA) is 383 Å². The van der Waals surface area contributed by atoms with E-state index in [1.54, 1.807) is 12.4 Å². The second kappa shape index (κ2) is 41.3. The maximum Gasteiger partial charge on any atom is 2.00 e. The minimum atomic E-state index is -0.995. The monoisotopic (exact) mass is 1400 g/mol. The molecule has 8 N–H and O–H groups in total. The van der Waals surface area contributed by atoms with Crippen LogP contribution in [0.15, 0.2) is 122 Å². The normalized spacial score (nSPS) is 9.86. The molecule has 0 aliphatic carbocycles. The molecule has 4 aromatic heterocycles. The van der Waals surface area contributed by atoms with Gasteiger partial charge < -0.3 is 81.0 Å². The van der Waals surface area contributed by atoms with E-state index in [2.05, 4.69) is 119 Å². The number of amides is 4. The van der Waals surface area contributed by atoms with E-state index in [0.29, 0.717) is 28.0 Å². The molecule has 32 heteroatoms. The quantitative estimate of drug-likeness (QED) is 0.0428. The van der Waals surface area contributed by atoms with Crippen LogP contribution in [-0.4, -0.2) is 117 Å². The average Bonchev–Trinajstić information content (AvgIpc) is 1.54. The van der Waals surface area contributed by atoms with E-state index in [9.17, 15) is 38.4 Å². The molecule has 6 aromatic carbocycles. The van der Waals surface area contributed by atoms with E-state index < -0.39 is 24.4 Å². The summed E-state index contributed by atoms with van der Waals surface area (Å²) >= 11 is 0. The third-order valence-corrected chi connectivity index (χ3v) is 12.9. The molecule has 0 aliphatic heterocycles. The molecule has 24 nitrogen and oxygen atoms in total. The summed E-state index contributed by atoms with van der Waals surface area (Å²) < 4.78 is 15.1. The van der Waals surface area contributed by atoms with Crippen LogP contribution in [0.4, 0.5) is 19.2 Å². The summed E-state index contributed by atoms with van der Waals surface area (Å²) in [4.78, 5) is 109. The van der Waals surface area contributed by atoms with Gasteiger partial charge in [0.2, 0.25) is 24.4 Å². The van der Waals surface area contributed by atoms with Crippen LogP contribution >= 0.6 is 34.3 Å². The number of aromatic nitrogens is 8. The number of benzene rings is 6. The van der Waals surface area contributed by atoms with Crippen molar-refractivity contribution < 1.29 is 132 Å². The number of carbonyl (C=O) groups excluding carboxylic acids is 8. The van der Waals surface area contributed by atoms with Crippen molar-refractivity contribution in [2.45, 2.75) is 0 Å². The van der Waals surface area contributed by atoms with Gasteiger partial charge in [0.15, 0.2) is 0 Å². The fourth-order valence-corrected chi connectivity index (χ4v) is 8.63. The van der Waals surface area contributed by atoms with Crippen molar-refractivity contribution in [1.82, 2.24) is 39.9 Å². The zero-order chi connectivity index (χ0) is 61.0. The molecule has 4 heterocycles. The van der Waals surface area contributed by atoms with Crippen LogP contribution in [0.1, 0.15) is 22.4 Å². The summed E-state index contributed by atoms with van der Waals surface area (Å²) in [6.07, 6.45) is -0.625. The maximum absolute atomic E-state index is 10.6. The molecule has 4 radical (unpaired) electrons. The van der Waals surface area contributed by atoms with E-state index in [4.69, 9.17) is 22.9 Å². The Labute approximate surface area is 557 Å². The number of carbonyl (C=O) groups is 4. The minimum absolute atomic E-state index is 0. The van der Waals surface area contributed by atoms with Crippen molar-refractivity contribution in [2.24, 2.45) is 0 Å². The third kappa shape index (κ3) is 25.8. The van der Waals surface area contributed by atoms with Crippen LogP contribution in [0, 0.1) is 23.7 Å². The second-order valence-corrected chi connectivity index (χ2v) is 19.6. The fraction of sp³-hybridized carbons (Fsp3) is 0.0714. The second-order valence-electron chi connectivity index (χ2n) is 15.9. The van der Waals surface area contributed by atoms with Gasteiger partial charge in [-0.05, 0) is 105 Å². The van der Waals surface area contributed by atoms with Gasteiger partial charge in [-0.3, -0.25) is 19.2 Å². The first-order valence-electron chi connectivity index (χ1n) is 23.4. The number of H-pyrrole nitrogens is 4. The van der Waals surface area contributed by atoms with Gasteiger partial charge >= 0.3 is 74.2 Å². The van der Waals surface area contributed by atoms with Crippen molar-refractivity contribution in [3.63, 3.8) is 0 Å². The molecule has 0 fully saturated rings. The molecule has 4 atom stereocenters. The molecular formula is C56H44N12O12P4V4. The Kier molecular flexibility index (Phi) is 36.7. The first-order valence-corrected chi connectivity index (χ1v) is 27.4. The van der Waals surface area contributed by atoms with Gasteiger partial charge in [0.25, 0.3) is 0 Å². The Hall–Kier alpha value is -7.86. The van der Waals surface area contributed by atoms with E-state index in [1.807, 2.05) is 96.9 Å². The molecule has 4 amide bonds. The summed E-state index contributed by atoms with van der Waals surface area (Å²) in [5, 5.41) is 4.38. The first kappa shape index (κ1) is 78.2. The number of nitrogens with zero attached hydrogens (tertiary/aromatic N) is 4. The molecule has 0 spiro atoms. The first-order chi connectivity index (χ1) is 40.5. The molecule has 0 saturated carbocycles. The van der Waals surface area contributed by atoms with E-state index in [-0.39, 0.29) is 109 Å². The van der Waals surface area contributed by atoms with E-state index in [1.165, 1.54) is 0 Å². The van der Waals surface area contributed by atoms with Gasteiger partial charge in [-0.25, -0.2) is 44.0 Å². The summed E-state index contributed by atoms with van der Waals surface area (Å²) in [7, 11) is 4.25. The Morgan fingerprint density at radius 3 is 1.23 bits per heavy atom. The Balaban J connectivity index is 0.000000651. The van der Waals surface area contributed by atoms with Crippen LogP contribution in [0.3, 0.4) is 0 Å². The molecular weight excluding hydrogens is 1360 g/mol. The van der Waals surface area contributed by atoms with Crippen LogP contribution < -0.4 is 22.3 Å². The largest absolute Gasteiger partial charge is 2.00 e. The molecule has 0 aliphatic rings. The van der Waals surface area contributed by atoms with Crippen molar-refractivity contribution in [1.29, 1.82) is 0 Å². The van der Waals surface area contributed by atoms with Gasteiger partial charge in [-0.1, -0.05) is 60.2 Å². The van der Waals surface area contributed by atoms with Crippen molar-refractivity contribution >= 4 is 149 Å². The zero-order valence-electron chi connectivity index (χ0n) is 46.0. The van der Waals surface area contributed by atoms with Crippen molar-refractivity contribution in [2.75, 3.05) is 28.4 Å². The standard InChI is InChI=1S/2C24H14N4O2P2.4C2H5NO2.4V/c29-13-31-23-25-12-20(26-23)7-2-15-1-3-17-10-18(5-4-16(17)9-15)19-6-8-21-22(11-19)28-24(27-21)32-14-30;29-13-31-23-25-12-22(28-23)19-7-6-17-9-15(3-5-18(17)11-19)1-2-16-4-8-20-21(10-16)27-24(26-20)32-14-30;4*1-5-2(3)4;;;;/h1,3-6,8-12,31-32H,(H,25,26)(H,27,28);3-12,31-32H,(H,25,28)(H,26,27);4*1H3,(H2,3,4);;;;/q2*-2;;;;;4*+2/p-4. The third-order valence-electron chi connectivity index (χ3n) is 10.6. The number of aromatic amines is 4. The minimum Gasteiger partial charge on any atom is -0.632 e. The SMILES string of the molecule is COC([NH-])=O.COC([NH-])=O.COC([NH-])=O.COC([NH-])=O.O=[C-]Pc1ncc(-c2ccc3cc(C#Cc4ccc5nc(P[C-]=O)[nH]c5c4)ccc3c2)[nH]1.O=[C-]Pc1ncc(C#Cc2ccc3cc(-c4ccc5nc(P[C-]=O)[nH]c5c4)ccc3c2)[nH]1.[V+2].[V+2].[V+2].[V+2]. The molecule has 10 rings (SSSR count). The Bertz CT molecular complexity index is 4070. The van der Waals surface area contributed by atoms with Crippen LogP contribution in [0.2, 0.25) is 0 Å². The Morgan fingerprint density at radius 2 is 0.750 bits per heavy atom. The van der Waals surface area contributed by atoms with Gasteiger partial charge in [0.1, 0.15) is 5.69 Å². The molecule has 0 saturated heterocycles. The molecule has 4 unspecified atom stereocenters. The van der Waals surface area contributed by atoms with Gasteiger partial charge in [0, 0.05) is 22.3 Å². The fourth-order valence-electron chi connectivity index (χ4n) is 6.85. The van der Waals surface area contributed by atoms with Crippen molar-refractivity contribution in [3.8, 4) is 46.1 Å². The predicted octanol–water partition coefficient (Wildman–Crippen LogP) is 9.71. The summed E-state index contributed by atoms with van der Waals surface area (Å²) in [6.45, 7) is 0. The van der Waals surface area contributed by atoms with Gasteiger partial charge in [-0.15, -0.1) is 0 Å². The Morgan fingerprint density at radius 1 is 0.409 bits per heavy atom. The number of rotatable bonds is 10. The maximum atomic E-state index is 10.6. The van der Waals surface area contributed by atoms with E-state index >= 15 is 0 Å². The number of fused-ring (bicyclic) bond motifs is 4. The summed E-state index contributed by atoms with van der Waals surface area (Å²) in [5.41, 5.74) is 37.1. The van der Waals surface area contributed by atoms with Crippen LogP contribution in [0.5, 0.6) is 0 Å². The molecule has 88 heavy (non-hydrogen) atoms. The average molecular weight is 1400 g/mol. The zero-order valence-corrected chi connectivity index (χ0v) is 55.6. The number of ether oxygens (including phenoxy) is 4. The number of hydrogen-bond donors (Lipinski definition) is 4. The van der Waals surface area contributed by atoms with Crippen molar-refractivity contribution in [3.05, 3.63) is 167 Å². The van der Waals surface area contributed by atoms with E-state index in [0.717, 1.165) is 111 Å². The van der Waals surface area contributed by atoms with Crippen LogP contribution in [0.25, 0.3) is 88.9 Å². The summed E-state index contributed by atoms with van der Waals surface area (Å²) in [5.74, 6) is 12.6. The van der Waals surface area contributed by atoms with Gasteiger partial charge in [-0.2, -0.15) is 34.3 Å². The predicted molar refractivity (Wildman–Crippen MR) is 329 cm³/mol. The number of nitrogens with one attached hydrogen (secondary N) is 8. The number of imidazole rings is 4. The number of hydrogen-bond acceptors (Lipinski definition) is 16. The smallest absolute Gasteiger partial charge is 0.632 e. The van der Waals surface area contributed by atoms with Gasteiger partial charge in [0.05, 0.1) is 90.9 Å².